The van der Waals surface area contributed by atoms with E-state index in [9.17, 15) is 22.0 Å². The standard InChI is InChI=1S/C21H12Cl2F3N3O3S/c1-33(31,32)28-21(30)14-7-10(22)8-17(19(14)26)29-16-6-5-11(24)9-13(16)20(27-29)12-3-2-4-15(23)18(12)25/h2-9H,1H3,(H,28,30). The number of aromatic nitrogens is 2. The number of halogens is 5. The lowest BCUT2D eigenvalue weighted by Crippen LogP contribution is -2.30. The Labute approximate surface area is 195 Å². The number of carbonyl (C=O) groups is 1. The zero-order chi connectivity index (χ0) is 24.1. The lowest BCUT2D eigenvalue weighted by atomic mass is 10.1. The van der Waals surface area contributed by atoms with E-state index in [4.69, 9.17) is 23.2 Å². The molecule has 0 radical (unpaired) electrons. The van der Waals surface area contributed by atoms with Crippen LogP contribution in [0.5, 0.6) is 0 Å². The monoisotopic (exact) mass is 513 g/mol. The Hall–Kier alpha value is -3.08. The molecule has 0 aliphatic heterocycles. The second-order valence-corrected chi connectivity index (χ2v) is 9.61. The summed E-state index contributed by atoms with van der Waals surface area (Å²) >= 11 is 11.9. The van der Waals surface area contributed by atoms with Crippen molar-refractivity contribution in [2.24, 2.45) is 0 Å². The molecule has 0 atom stereocenters. The summed E-state index contributed by atoms with van der Waals surface area (Å²) in [6, 6.07) is 9.73. The van der Waals surface area contributed by atoms with Crippen LogP contribution >= 0.6 is 23.2 Å². The Bertz CT molecular complexity index is 1560. The van der Waals surface area contributed by atoms with Crippen molar-refractivity contribution in [3.05, 3.63) is 81.6 Å². The lowest BCUT2D eigenvalue weighted by molar-refractivity contribution is 0.0977. The maximum Gasteiger partial charge on any atom is 0.267 e. The van der Waals surface area contributed by atoms with E-state index >= 15 is 4.39 Å². The molecule has 6 nitrogen and oxygen atoms in total. The SMILES string of the molecule is CS(=O)(=O)NC(=O)c1cc(Cl)cc(-n2nc(-c3cccc(Cl)c3F)c3cc(F)ccc32)c1F. The van der Waals surface area contributed by atoms with Crippen molar-refractivity contribution in [3.8, 4) is 16.9 Å². The first kappa shape index (κ1) is 23.1. The molecule has 4 rings (SSSR count). The fourth-order valence-electron chi connectivity index (χ4n) is 3.28. The first-order valence-electron chi connectivity index (χ1n) is 9.10. The van der Waals surface area contributed by atoms with Crippen LogP contribution in [0, 0.1) is 17.5 Å². The number of fused-ring (bicyclic) bond motifs is 1. The molecule has 170 valence electrons. The van der Waals surface area contributed by atoms with E-state index < -0.39 is 38.9 Å². The van der Waals surface area contributed by atoms with Crippen LogP contribution in [0.3, 0.4) is 0 Å². The van der Waals surface area contributed by atoms with Gasteiger partial charge >= 0.3 is 0 Å². The minimum Gasteiger partial charge on any atom is -0.268 e. The van der Waals surface area contributed by atoms with Crippen molar-refractivity contribution in [2.45, 2.75) is 0 Å². The molecular formula is C21H12Cl2F3N3O3S. The number of hydrogen-bond donors (Lipinski definition) is 1. The van der Waals surface area contributed by atoms with Crippen LogP contribution in [0.1, 0.15) is 10.4 Å². The number of carbonyl (C=O) groups excluding carboxylic acids is 1. The molecule has 0 spiro atoms. The van der Waals surface area contributed by atoms with E-state index in [2.05, 4.69) is 5.10 Å². The summed E-state index contributed by atoms with van der Waals surface area (Å²) in [4.78, 5) is 12.3. The van der Waals surface area contributed by atoms with Gasteiger partial charge in [0.15, 0.2) is 11.6 Å². The maximum atomic E-state index is 15.4. The molecule has 1 N–H and O–H groups in total. The Morgan fingerprint density at radius 2 is 1.76 bits per heavy atom. The van der Waals surface area contributed by atoms with Gasteiger partial charge in [-0.3, -0.25) is 4.79 Å². The van der Waals surface area contributed by atoms with Gasteiger partial charge in [0, 0.05) is 16.0 Å². The predicted molar refractivity (Wildman–Crippen MR) is 119 cm³/mol. The van der Waals surface area contributed by atoms with Gasteiger partial charge in [0.2, 0.25) is 10.0 Å². The Kier molecular flexibility index (Phi) is 5.85. The molecule has 3 aromatic carbocycles. The average Bonchev–Trinajstić information content (AvgIpc) is 3.08. The molecule has 0 unspecified atom stereocenters. The van der Waals surface area contributed by atoms with Gasteiger partial charge in [0.25, 0.3) is 5.91 Å². The fourth-order valence-corrected chi connectivity index (χ4v) is 4.11. The molecular weight excluding hydrogens is 502 g/mol. The summed E-state index contributed by atoms with van der Waals surface area (Å²) in [6.45, 7) is 0. The number of nitrogens with zero attached hydrogens (tertiary/aromatic N) is 2. The Morgan fingerprint density at radius 3 is 2.45 bits per heavy atom. The summed E-state index contributed by atoms with van der Waals surface area (Å²) in [5.41, 5.74) is -0.933. The van der Waals surface area contributed by atoms with E-state index in [-0.39, 0.29) is 37.9 Å². The molecule has 0 aliphatic carbocycles. The van der Waals surface area contributed by atoms with Gasteiger partial charge in [-0.05, 0) is 42.5 Å². The first-order valence-corrected chi connectivity index (χ1v) is 11.7. The summed E-state index contributed by atoms with van der Waals surface area (Å²) in [5, 5.41) is 4.09. The molecule has 0 saturated carbocycles. The quantitative estimate of drug-likeness (QED) is 0.411. The third-order valence-electron chi connectivity index (χ3n) is 4.62. The summed E-state index contributed by atoms with van der Waals surface area (Å²) < 4.78 is 69.6. The zero-order valence-corrected chi connectivity index (χ0v) is 18.9. The van der Waals surface area contributed by atoms with Crippen LogP contribution in [0.15, 0.2) is 48.5 Å². The van der Waals surface area contributed by atoms with Crippen LogP contribution in [-0.2, 0) is 10.0 Å². The van der Waals surface area contributed by atoms with Gasteiger partial charge in [-0.1, -0.05) is 29.3 Å². The number of benzene rings is 3. The number of rotatable bonds is 4. The van der Waals surface area contributed by atoms with E-state index in [1.807, 2.05) is 0 Å². The molecule has 1 aromatic heterocycles. The normalized spacial score (nSPS) is 11.7. The van der Waals surface area contributed by atoms with Crippen molar-refractivity contribution in [3.63, 3.8) is 0 Å². The molecule has 0 bridgehead atoms. The van der Waals surface area contributed by atoms with E-state index in [0.29, 0.717) is 0 Å². The topological polar surface area (TPSA) is 81.1 Å². The van der Waals surface area contributed by atoms with E-state index in [1.54, 1.807) is 4.72 Å². The minimum absolute atomic E-state index is 0.0361. The van der Waals surface area contributed by atoms with Crippen molar-refractivity contribution < 1.29 is 26.4 Å². The lowest BCUT2D eigenvalue weighted by Gasteiger charge is -2.10. The van der Waals surface area contributed by atoms with E-state index in [0.717, 1.165) is 35.2 Å². The van der Waals surface area contributed by atoms with Crippen LogP contribution in [0.25, 0.3) is 27.8 Å². The van der Waals surface area contributed by atoms with Gasteiger partial charge in [-0.15, -0.1) is 0 Å². The molecule has 1 heterocycles. The smallest absolute Gasteiger partial charge is 0.267 e. The number of amides is 1. The molecule has 33 heavy (non-hydrogen) atoms. The summed E-state index contributed by atoms with van der Waals surface area (Å²) in [5.74, 6) is -3.85. The highest BCUT2D eigenvalue weighted by atomic mass is 35.5. The molecule has 1 amide bonds. The van der Waals surface area contributed by atoms with Crippen molar-refractivity contribution in [1.29, 1.82) is 0 Å². The highest BCUT2D eigenvalue weighted by Gasteiger charge is 2.24. The van der Waals surface area contributed by atoms with Gasteiger partial charge in [0.1, 0.15) is 17.2 Å². The largest absolute Gasteiger partial charge is 0.268 e. The molecule has 0 saturated heterocycles. The van der Waals surface area contributed by atoms with Crippen LogP contribution in [0.4, 0.5) is 13.2 Å². The van der Waals surface area contributed by atoms with Crippen molar-refractivity contribution >= 4 is 50.0 Å². The Balaban J connectivity index is 2.00. The minimum atomic E-state index is -3.99. The number of sulfonamides is 1. The second-order valence-electron chi connectivity index (χ2n) is 7.01. The van der Waals surface area contributed by atoms with Crippen molar-refractivity contribution in [1.82, 2.24) is 14.5 Å². The Morgan fingerprint density at radius 1 is 1.03 bits per heavy atom. The second kappa shape index (κ2) is 8.36. The van der Waals surface area contributed by atoms with Gasteiger partial charge in [-0.25, -0.2) is 31.0 Å². The van der Waals surface area contributed by atoms with Gasteiger partial charge < -0.3 is 0 Å². The van der Waals surface area contributed by atoms with Gasteiger partial charge in [0.05, 0.1) is 22.4 Å². The molecule has 0 aliphatic rings. The zero-order valence-electron chi connectivity index (χ0n) is 16.5. The van der Waals surface area contributed by atoms with Crippen molar-refractivity contribution in [2.75, 3.05) is 6.26 Å². The number of nitrogens with one attached hydrogen (secondary N) is 1. The highest BCUT2D eigenvalue weighted by Crippen LogP contribution is 2.35. The van der Waals surface area contributed by atoms with Crippen LogP contribution < -0.4 is 4.72 Å². The summed E-state index contributed by atoms with van der Waals surface area (Å²) in [7, 11) is -3.99. The number of hydrogen-bond acceptors (Lipinski definition) is 4. The molecule has 4 aromatic rings. The van der Waals surface area contributed by atoms with E-state index in [1.165, 1.54) is 24.3 Å². The first-order chi connectivity index (χ1) is 15.5. The molecule has 12 heteroatoms. The average molecular weight is 514 g/mol. The highest BCUT2D eigenvalue weighted by molar-refractivity contribution is 7.89. The van der Waals surface area contributed by atoms with Crippen LogP contribution in [0.2, 0.25) is 10.0 Å². The maximum absolute atomic E-state index is 15.4. The predicted octanol–water partition coefficient (Wildman–Crippen LogP) is 5.11. The fraction of sp³-hybridized carbons (Fsp3) is 0.0476. The third kappa shape index (κ3) is 4.41. The third-order valence-corrected chi connectivity index (χ3v) is 5.68. The molecule has 0 fully saturated rings. The summed E-state index contributed by atoms with van der Waals surface area (Å²) in [6.07, 6.45) is 0.732. The van der Waals surface area contributed by atoms with Gasteiger partial charge in [-0.2, -0.15) is 5.10 Å². The van der Waals surface area contributed by atoms with Crippen LogP contribution in [-0.4, -0.2) is 30.4 Å².